The second-order valence-corrected chi connectivity index (χ2v) is 4.28. The summed E-state index contributed by atoms with van der Waals surface area (Å²) >= 11 is 0. The molecule has 1 aliphatic heterocycles. The summed E-state index contributed by atoms with van der Waals surface area (Å²) in [6, 6.07) is 0.524. The van der Waals surface area contributed by atoms with E-state index >= 15 is 0 Å². The molecule has 2 unspecified atom stereocenters. The van der Waals surface area contributed by atoms with Gasteiger partial charge in [-0.1, -0.05) is 49.0 Å². The van der Waals surface area contributed by atoms with Crippen LogP contribution in [-0.4, -0.2) is 12.6 Å². The van der Waals surface area contributed by atoms with Crippen molar-refractivity contribution in [3.05, 3.63) is 47.6 Å². The zero-order valence-electron chi connectivity index (χ0n) is 9.53. The molecule has 15 heavy (non-hydrogen) atoms. The van der Waals surface area contributed by atoms with Crippen LogP contribution < -0.4 is 5.32 Å². The molecule has 1 N–H and O–H groups in total. The highest BCUT2D eigenvalue weighted by Crippen LogP contribution is 2.27. The Morgan fingerprint density at radius 2 is 2.27 bits per heavy atom. The topological polar surface area (TPSA) is 12.0 Å². The van der Waals surface area contributed by atoms with Crippen LogP contribution in [0, 0.1) is 5.92 Å². The fourth-order valence-electron chi connectivity index (χ4n) is 2.33. The lowest BCUT2D eigenvalue weighted by atomic mass is 9.91. The van der Waals surface area contributed by atoms with Crippen molar-refractivity contribution in [3.8, 4) is 0 Å². The normalized spacial score (nSPS) is 32.4. The van der Waals surface area contributed by atoms with E-state index in [0.29, 0.717) is 12.0 Å². The summed E-state index contributed by atoms with van der Waals surface area (Å²) in [4.78, 5) is 0. The van der Waals surface area contributed by atoms with Gasteiger partial charge in [0.25, 0.3) is 0 Å². The van der Waals surface area contributed by atoms with Gasteiger partial charge in [-0.25, -0.2) is 0 Å². The molecule has 0 radical (unpaired) electrons. The van der Waals surface area contributed by atoms with E-state index in [4.69, 9.17) is 0 Å². The second kappa shape index (κ2) is 4.63. The van der Waals surface area contributed by atoms with Gasteiger partial charge >= 0.3 is 0 Å². The molecule has 2 atom stereocenters. The highest BCUT2D eigenvalue weighted by atomic mass is 15.0. The Balaban J connectivity index is 2.15. The maximum atomic E-state index is 3.52. The molecule has 2 aliphatic rings. The van der Waals surface area contributed by atoms with Crippen molar-refractivity contribution < 1.29 is 0 Å². The van der Waals surface area contributed by atoms with E-state index in [-0.39, 0.29) is 0 Å². The largest absolute Gasteiger partial charge is 0.306 e. The predicted molar refractivity (Wildman–Crippen MR) is 65.7 cm³/mol. The molecule has 1 nitrogen and oxygen atoms in total. The van der Waals surface area contributed by atoms with Crippen molar-refractivity contribution in [1.82, 2.24) is 5.32 Å². The van der Waals surface area contributed by atoms with E-state index in [1.807, 2.05) is 0 Å². The molecule has 0 aromatic carbocycles. The van der Waals surface area contributed by atoms with Gasteiger partial charge in [0, 0.05) is 18.5 Å². The van der Waals surface area contributed by atoms with E-state index < -0.39 is 0 Å². The van der Waals surface area contributed by atoms with Crippen molar-refractivity contribution in [2.45, 2.75) is 26.3 Å². The van der Waals surface area contributed by atoms with Crippen LogP contribution in [0.4, 0.5) is 0 Å². The molecule has 0 aromatic heterocycles. The first-order valence-electron chi connectivity index (χ1n) is 5.77. The monoisotopic (exact) mass is 201 g/mol. The molecule has 1 heteroatoms. The van der Waals surface area contributed by atoms with Gasteiger partial charge in [0.1, 0.15) is 0 Å². The lowest BCUT2D eigenvalue weighted by Gasteiger charge is -2.15. The van der Waals surface area contributed by atoms with Crippen LogP contribution in [0.2, 0.25) is 0 Å². The molecule has 0 spiro atoms. The van der Waals surface area contributed by atoms with Gasteiger partial charge < -0.3 is 5.32 Å². The van der Waals surface area contributed by atoms with Crippen LogP contribution >= 0.6 is 0 Å². The summed E-state index contributed by atoms with van der Waals surface area (Å²) in [5.74, 6) is 0.579. The van der Waals surface area contributed by atoms with Gasteiger partial charge in [0.2, 0.25) is 0 Å². The number of nitrogens with one attached hydrogen (secondary N) is 1. The summed E-state index contributed by atoms with van der Waals surface area (Å²) in [5, 5.41) is 3.52. The molecule has 0 bridgehead atoms. The summed E-state index contributed by atoms with van der Waals surface area (Å²) < 4.78 is 0. The third kappa shape index (κ3) is 2.29. The van der Waals surface area contributed by atoms with Crippen LogP contribution in [0.3, 0.4) is 0 Å². The van der Waals surface area contributed by atoms with Crippen LogP contribution in [-0.2, 0) is 0 Å². The first kappa shape index (κ1) is 10.4. The Morgan fingerprint density at radius 3 is 3.07 bits per heavy atom. The van der Waals surface area contributed by atoms with E-state index in [9.17, 15) is 0 Å². The third-order valence-electron chi connectivity index (χ3n) is 3.04. The third-order valence-corrected chi connectivity index (χ3v) is 3.04. The lowest BCUT2D eigenvalue weighted by Crippen LogP contribution is -2.24. The Hall–Kier alpha value is -1.08. The molecule has 0 amide bonds. The SMILES string of the molecule is CC/C=C(C)\C=C1/CNC2C=CC=CC12. The Bertz CT molecular complexity index is 344. The molecule has 1 aliphatic carbocycles. The number of fused-ring (bicyclic) bond motifs is 1. The lowest BCUT2D eigenvalue weighted by molar-refractivity contribution is 0.641. The molecule has 0 aromatic rings. The molecule has 2 rings (SSSR count). The predicted octanol–water partition coefficient (Wildman–Crippen LogP) is 2.98. The minimum atomic E-state index is 0.524. The molecule has 0 saturated carbocycles. The molecule has 1 heterocycles. The zero-order valence-corrected chi connectivity index (χ0v) is 9.53. The zero-order chi connectivity index (χ0) is 10.7. The maximum Gasteiger partial charge on any atom is 0.0357 e. The van der Waals surface area contributed by atoms with Crippen molar-refractivity contribution in [1.29, 1.82) is 0 Å². The highest BCUT2D eigenvalue weighted by molar-refractivity contribution is 5.35. The molecule has 80 valence electrons. The number of rotatable bonds is 2. The van der Waals surface area contributed by atoms with Crippen LogP contribution in [0.1, 0.15) is 20.3 Å². The summed E-state index contributed by atoms with van der Waals surface area (Å²) in [6.07, 6.45) is 14.6. The van der Waals surface area contributed by atoms with E-state index in [1.54, 1.807) is 0 Å². The number of hydrogen-bond acceptors (Lipinski definition) is 1. The molecule has 1 saturated heterocycles. The minimum absolute atomic E-state index is 0.524. The smallest absolute Gasteiger partial charge is 0.0357 e. The average molecular weight is 201 g/mol. The van der Waals surface area contributed by atoms with Crippen molar-refractivity contribution >= 4 is 0 Å². The number of allylic oxidation sites excluding steroid dienone is 5. The van der Waals surface area contributed by atoms with E-state index in [0.717, 1.165) is 13.0 Å². The molecular formula is C14H19N. The fourth-order valence-corrected chi connectivity index (χ4v) is 2.33. The Kier molecular flexibility index (Phi) is 3.22. The van der Waals surface area contributed by atoms with E-state index in [2.05, 4.69) is 55.6 Å². The van der Waals surface area contributed by atoms with Crippen LogP contribution in [0.25, 0.3) is 0 Å². The average Bonchev–Trinajstić information content (AvgIpc) is 2.62. The Labute approximate surface area is 92.3 Å². The first-order valence-corrected chi connectivity index (χ1v) is 5.77. The molecular weight excluding hydrogens is 182 g/mol. The number of hydrogen-bond donors (Lipinski definition) is 1. The fraction of sp³-hybridized carbons (Fsp3) is 0.429. The van der Waals surface area contributed by atoms with Crippen molar-refractivity contribution in [2.75, 3.05) is 6.54 Å². The molecule has 1 fully saturated rings. The van der Waals surface area contributed by atoms with Gasteiger partial charge in [0.05, 0.1) is 0 Å². The minimum Gasteiger partial charge on any atom is -0.306 e. The van der Waals surface area contributed by atoms with Crippen molar-refractivity contribution in [2.24, 2.45) is 5.92 Å². The summed E-state index contributed by atoms with van der Waals surface area (Å²) in [7, 11) is 0. The van der Waals surface area contributed by atoms with Gasteiger partial charge in [-0.2, -0.15) is 0 Å². The van der Waals surface area contributed by atoms with Gasteiger partial charge in [-0.05, 0) is 18.9 Å². The van der Waals surface area contributed by atoms with Crippen molar-refractivity contribution in [3.63, 3.8) is 0 Å². The maximum absolute atomic E-state index is 3.52. The van der Waals surface area contributed by atoms with E-state index in [1.165, 1.54) is 11.1 Å². The van der Waals surface area contributed by atoms with Crippen LogP contribution in [0.5, 0.6) is 0 Å². The second-order valence-electron chi connectivity index (χ2n) is 4.28. The standard InChI is InChI=1S/C14H19N/c1-3-6-11(2)9-12-10-15-14-8-5-4-7-13(12)14/h4-9,13-15H,3,10H2,1-2H3/b11-6-,12-9+. The quantitative estimate of drug-likeness (QED) is 0.724. The Morgan fingerprint density at radius 1 is 1.47 bits per heavy atom. The van der Waals surface area contributed by atoms with Crippen LogP contribution in [0.15, 0.2) is 47.6 Å². The first-order chi connectivity index (χ1) is 7.31. The van der Waals surface area contributed by atoms with Gasteiger partial charge in [-0.3, -0.25) is 0 Å². The highest BCUT2D eigenvalue weighted by Gasteiger charge is 2.27. The van der Waals surface area contributed by atoms with Gasteiger partial charge in [0.15, 0.2) is 0 Å². The summed E-state index contributed by atoms with van der Waals surface area (Å²) in [5.41, 5.74) is 2.90. The van der Waals surface area contributed by atoms with Gasteiger partial charge in [-0.15, -0.1) is 0 Å². The summed E-state index contributed by atoms with van der Waals surface area (Å²) in [6.45, 7) is 5.39.